The number of nitrogens with one attached hydrogen (secondary N) is 1. The van der Waals surface area contributed by atoms with E-state index in [0.717, 1.165) is 30.7 Å². The highest BCUT2D eigenvalue weighted by Gasteiger charge is 2.50. The van der Waals surface area contributed by atoms with Gasteiger partial charge in [0, 0.05) is 12.6 Å². The fourth-order valence-corrected chi connectivity index (χ4v) is 5.14. The first-order valence-electron chi connectivity index (χ1n) is 11.2. The van der Waals surface area contributed by atoms with Gasteiger partial charge in [-0.15, -0.1) is 4.28 Å². The normalized spacial score (nSPS) is 24.5. The lowest BCUT2D eigenvalue weighted by Crippen LogP contribution is -2.52. The van der Waals surface area contributed by atoms with Crippen molar-refractivity contribution in [2.45, 2.75) is 83.8 Å². The first kappa shape index (κ1) is 24.7. The van der Waals surface area contributed by atoms with E-state index in [1.165, 1.54) is 25.2 Å². The van der Waals surface area contributed by atoms with E-state index >= 15 is 0 Å². The van der Waals surface area contributed by atoms with Gasteiger partial charge in [0.05, 0.1) is 24.7 Å². The summed E-state index contributed by atoms with van der Waals surface area (Å²) in [7, 11) is -4.61. The molecule has 0 aromatic rings. The summed E-state index contributed by atoms with van der Waals surface area (Å²) in [5.41, 5.74) is -1.22. The zero-order chi connectivity index (χ0) is 23.5. The van der Waals surface area contributed by atoms with Crippen molar-refractivity contribution in [3.8, 4) is 0 Å². The fourth-order valence-electron chi connectivity index (χ4n) is 4.27. The number of nitrogens with zero attached hydrogens (tertiary/aromatic N) is 2. The van der Waals surface area contributed by atoms with Crippen LogP contribution in [0, 0.1) is 5.41 Å². The van der Waals surface area contributed by atoms with Gasteiger partial charge in [0.15, 0.2) is 0 Å². The summed E-state index contributed by atoms with van der Waals surface area (Å²) in [6, 6.07) is -1.72. The van der Waals surface area contributed by atoms with Gasteiger partial charge in [-0.3, -0.25) is 9.59 Å². The first-order valence-corrected chi connectivity index (χ1v) is 12.5. The van der Waals surface area contributed by atoms with E-state index in [1.54, 1.807) is 6.92 Å². The molecule has 1 N–H and O–H groups in total. The zero-order valence-electron chi connectivity index (χ0n) is 18.9. The highest BCUT2D eigenvalue weighted by Crippen LogP contribution is 2.32. The van der Waals surface area contributed by atoms with Crippen molar-refractivity contribution < 1.29 is 36.0 Å². The third kappa shape index (κ3) is 5.70. The molecule has 3 rings (SSSR count). The van der Waals surface area contributed by atoms with E-state index < -0.39 is 46.5 Å². The Hall–Kier alpha value is -1.92. The number of rotatable bonds is 9. The molecule has 11 nitrogen and oxygen atoms in total. The summed E-state index contributed by atoms with van der Waals surface area (Å²) < 4.78 is 39.4. The largest absolute Gasteiger partial charge is 0.466 e. The van der Waals surface area contributed by atoms with Crippen LogP contribution in [0.25, 0.3) is 0 Å². The molecular formula is C20H33N3O8S. The molecule has 3 amide bonds. The Balaban J connectivity index is 1.57. The molecule has 32 heavy (non-hydrogen) atoms. The minimum Gasteiger partial charge on any atom is -0.466 e. The average molecular weight is 476 g/mol. The van der Waals surface area contributed by atoms with Gasteiger partial charge in [-0.1, -0.05) is 19.3 Å². The van der Waals surface area contributed by atoms with Gasteiger partial charge in [-0.2, -0.15) is 13.5 Å². The molecule has 2 aliphatic heterocycles. The molecule has 182 valence electrons. The van der Waals surface area contributed by atoms with Crippen LogP contribution in [0.15, 0.2) is 0 Å². The number of fused-ring (bicyclic) bond motifs is 2. The molecule has 0 unspecified atom stereocenters. The monoisotopic (exact) mass is 475 g/mol. The summed E-state index contributed by atoms with van der Waals surface area (Å²) in [6.07, 6.45) is 6.03. The lowest BCUT2D eigenvalue weighted by Gasteiger charge is -2.31. The number of urea groups is 1. The topological polar surface area (TPSA) is 132 Å². The van der Waals surface area contributed by atoms with Gasteiger partial charge in [-0.05, 0) is 46.5 Å². The van der Waals surface area contributed by atoms with Gasteiger partial charge < -0.3 is 15.0 Å². The van der Waals surface area contributed by atoms with Gasteiger partial charge >= 0.3 is 22.4 Å². The Kier molecular flexibility index (Phi) is 7.66. The summed E-state index contributed by atoms with van der Waals surface area (Å²) in [4.78, 5) is 38.9. The first-order chi connectivity index (χ1) is 15.0. The molecule has 2 heterocycles. The zero-order valence-corrected chi connectivity index (χ0v) is 19.7. The molecule has 3 aliphatic rings. The number of carbonyl (C=O) groups excluding carboxylic acids is 3. The molecule has 2 atom stereocenters. The van der Waals surface area contributed by atoms with Crippen LogP contribution in [0.3, 0.4) is 0 Å². The van der Waals surface area contributed by atoms with Crippen LogP contribution in [-0.4, -0.2) is 74.2 Å². The molecule has 1 saturated carbocycles. The molecule has 0 aromatic heterocycles. The molecule has 1 aliphatic carbocycles. The highest BCUT2D eigenvalue weighted by molar-refractivity contribution is 7.81. The minimum atomic E-state index is -4.61. The van der Waals surface area contributed by atoms with Crippen LogP contribution >= 0.6 is 0 Å². The summed E-state index contributed by atoms with van der Waals surface area (Å²) in [5.74, 6) is -0.818. The Morgan fingerprint density at radius 3 is 2.47 bits per heavy atom. The average Bonchev–Trinajstić information content (AvgIpc) is 2.97. The van der Waals surface area contributed by atoms with E-state index in [2.05, 4.69) is 5.32 Å². The van der Waals surface area contributed by atoms with E-state index in [9.17, 15) is 22.8 Å². The van der Waals surface area contributed by atoms with Gasteiger partial charge in [0.2, 0.25) is 5.91 Å². The number of esters is 1. The number of amides is 3. The second kappa shape index (κ2) is 9.92. The minimum absolute atomic E-state index is 0.121. The molecule has 3 fully saturated rings. The molecule has 2 bridgehead atoms. The number of hydrogen-bond acceptors (Lipinski definition) is 8. The van der Waals surface area contributed by atoms with Crippen molar-refractivity contribution in [1.82, 2.24) is 15.3 Å². The van der Waals surface area contributed by atoms with Crippen molar-refractivity contribution in [2.75, 3.05) is 19.8 Å². The van der Waals surface area contributed by atoms with E-state index in [1.807, 2.05) is 0 Å². The summed E-state index contributed by atoms with van der Waals surface area (Å²) in [6.45, 7) is 4.46. The predicted octanol–water partition coefficient (Wildman–Crippen LogP) is 1.49. The van der Waals surface area contributed by atoms with E-state index in [4.69, 9.17) is 13.2 Å². The van der Waals surface area contributed by atoms with Gasteiger partial charge in [-0.25, -0.2) is 8.98 Å². The maximum absolute atomic E-state index is 12.8. The molecule has 0 spiro atoms. The Morgan fingerprint density at radius 1 is 1.12 bits per heavy atom. The van der Waals surface area contributed by atoms with Crippen LogP contribution in [-0.2, 0) is 33.2 Å². The highest BCUT2D eigenvalue weighted by atomic mass is 32.3. The second-order valence-corrected chi connectivity index (χ2v) is 10.4. The van der Waals surface area contributed by atoms with Gasteiger partial charge in [0.1, 0.15) is 6.04 Å². The number of ether oxygens (including phenoxy) is 1. The maximum Gasteiger partial charge on any atom is 0.421 e. The third-order valence-corrected chi connectivity index (χ3v) is 6.89. The SMILES string of the molecule is CCOC(=O)C(C)(C)COS(=O)(=O)ON1C(=O)N2C[C@@H]1CC[C@H]2C(=O)NC1CCCCC1. The third-order valence-electron chi connectivity index (χ3n) is 6.14. The number of hydroxylamine groups is 2. The molecule has 2 saturated heterocycles. The number of hydrogen-bond donors (Lipinski definition) is 1. The standard InChI is InChI=1S/C20H33N3O8S/c1-4-29-18(25)20(2,3)13-30-32(27,28)31-23-15-10-11-16(22(12-15)19(23)26)17(24)21-14-8-6-5-7-9-14/h14-16H,4-13H2,1-3H3,(H,21,24)/t15-,16-/m0/s1. The molecular weight excluding hydrogens is 442 g/mol. The summed E-state index contributed by atoms with van der Waals surface area (Å²) >= 11 is 0. The van der Waals surface area contributed by atoms with Gasteiger partial charge in [0.25, 0.3) is 0 Å². The van der Waals surface area contributed by atoms with Crippen LogP contribution < -0.4 is 5.32 Å². The quantitative estimate of drug-likeness (QED) is 0.496. The second-order valence-electron chi connectivity index (χ2n) is 9.20. The fraction of sp³-hybridized carbons (Fsp3) is 0.850. The van der Waals surface area contributed by atoms with Crippen LogP contribution in [0.5, 0.6) is 0 Å². The van der Waals surface area contributed by atoms with Crippen molar-refractivity contribution in [3.05, 3.63) is 0 Å². The molecule has 0 radical (unpaired) electrons. The lowest BCUT2D eigenvalue weighted by molar-refractivity contribution is -0.155. The summed E-state index contributed by atoms with van der Waals surface area (Å²) in [5, 5.41) is 3.80. The van der Waals surface area contributed by atoms with Crippen LogP contribution in [0.1, 0.15) is 65.7 Å². The molecule has 12 heteroatoms. The van der Waals surface area contributed by atoms with E-state index in [0.29, 0.717) is 12.8 Å². The predicted molar refractivity (Wildman–Crippen MR) is 112 cm³/mol. The maximum atomic E-state index is 12.8. The molecule has 0 aromatic carbocycles. The van der Waals surface area contributed by atoms with Crippen molar-refractivity contribution >= 4 is 28.3 Å². The Labute approximate surface area is 189 Å². The van der Waals surface area contributed by atoms with Crippen molar-refractivity contribution in [1.29, 1.82) is 0 Å². The van der Waals surface area contributed by atoms with E-state index in [-0.39, 0.29) is 25.1 Å². The Morgan fingerprint density at radius 2 is 1.81 bits per heavy atom. The van der Waals surface area contributed by atoms with Crippen molar-refractivity contribution in [2.24, 2.45) is 5.41 Å². The Bertz CT molecular complexity index is 825. The van der Waals surface area contributed by atoms with Crippen LogP contribution in [0.2, 0.25) is 0 Å². The van der Waals surface area contributed by atoms with Crippen LogP contribution in [0.4, 0.5) is 4.79 Å². The number of carbonyl (C=O) groups is 3. The van der Waals surface area contributed by atoms with Crippen molar-refractivity contribution in [3.63, 3.8) is 0 Å². The number of piperidine rings is 1. The lowest BCUT2D eigenvalue weighted by atomic mass is 9.94. The smallest absolute Gasteiger partial charge is 0.421 e.